The zero-order valence-electron chi connectivity index (χ0n) is 13.8. The van der Waals surface area contributed by atoms with E-state index in [1.54, 1.807) is 0 Å². The molecule has 0 aromatic heterocycles. The SMILES string of the molecule is Cc1cc(C(C)(C)C)cc(C)c1CN1CCCNCC1. The van der Waals surface area contributed by atoms with Gasteiger partial charge < -0.3 is 5.32 Å². The molecule has 1 aliphatic heterocycles. The van der Waals surface area contributed by atoms with E-state index in [1.165, 1.54) is 41.8 Å². The second-order valence-corrected chi connectivity index (χ2v) is 7.22. The fourth-order valence-electron chi connectivity index (χ4n) is 2.96. The summed E-state index contributed by atoms with van der Waals surface area (Å²) in [5, 5.41) is 3.48. The van der Waals surface area contributed by atoms with Gasteiger partial charge in [-0.1, -0.05) is 32.9 Å². The van der Waals surface area contributed by atoms with Gasteiger partial charge in [0, 0.05) is 19.6 Å². The molecule has 2 nitrogen and oxygen atoms in total. The van der Waals surface area contributed by atoms with Crippen LogP contribution in [0.4, 0.5) is 0 Å². The molecule has 1 fully saturated rings. The summed E-state index contributed by atoms with van der Waals surface area (Å²) in [5.41, 5.74) is 6.12. The standard InChI is InChI=1S/C18H30N2/c1-14-11-16(18(3,4)5)12-15(2)17(14)13-20-9-6-7-19-8-10-20/h11-12,19H,6-10,13H2,1-5H3. The predicted molar refractivity (Wildman–Crippen MR) is 87.4 cm³/mol. The third kappa shape index (κ3) is 3.83. The van der Waals surface area contributed by atoms with Gasteiger partial charge in [0.2, 0.25) is 0 Å². The van der Waals surface area contributed by atoms with Crippen LogP contribution in [0, 0.1) is 13.8 Å². The van der Waals surface area contributed by atoms with Gasteiger partial charge in [-0.3, -0.25) is 4.90 Å². The zero-order chi connectivity index (χ0) is 14.8. The van der Waals surface area contributed by atoms with Crippen molar-refractivity contribution >= 4 is 0 Å². The summed E-state index contributed by atoms with van der Waals surface area (Å²) in [6, 6.07) is 4.77. The molecule has 1 heterocycles. The van der Waals surface area contributed by atoms with Gasteiger partial charge in [0.15, 0.2) is 0 Å². The Bertz CT molecular complexity index is 426. The van der Waals surface area contributed by atoms with E-state index in [2.05, 4.69) is 57.0 Å². The minimum atomic E-state index is 0.237. The Kier molecular flexibility index (Phi) is 4.87. The van der Waals surface area contributed by atoms with Gasteiger partial charge in [-0.15, -0.1) is 0 Å². The van der Waals surface area contributed by atoms with Crippen molar-refractivity contribution in [1.29, 1.82) is 0 Å². The molecule has 1 aromatic rings. The first-order valence-electron chi connectivity index (χ1n) is 7.91. The van der Waals surface area contributed by atoms with Crippen LogP contribution in [-0.4, -0.2) is 31.1 Å². The van der Waals surface area contributed by atoms with Crippen molar-refractivity contribution in [3.05, 3.63) is 34.4 Å². The molecule has 112 valence electrons. The van der Waals surface area contributed by atoms with Crippen LogP contribution in [0.25, 0.3) is 0 Å². The lowest BCUT2D eigenvalue weighted by Crippen LogP contribution is -2.28. The molecule has 20 heavy (non-hydrogen) atoms. The molecular formula is C18H30N2. The van der Waals surface area contributed by atoms with Crippen molar-refractivity contribution in [2.75, 3.05) is 26.2 Å². The average Bonchev–Trinajstić information content (AvgIpc) is 2.60. The Labute approximate surface area is 124 Å². The molecule has 1 saturated heterocycles. The number of nitrogens with one attached hydrogen (secondary N) is 1. The van der Waals surface area contributed by atoms with E-state index in [0.29, 0.717) is 0 Å². The number of nitrogens with zero attached hydrogens (tertiary/aromatic N) is 1. The first kappa shape index (κ1) is 15.5. The fraction of sp³-hybridized carbons (Fsp3) is 0.667. The van der Waals surface area contributed by atoms with E-state index in [1.807, 2.05) is 0 Å². The third-order valence-electron chi connectivity index (χ3n) is 4.38. The molecule has 2 heteroatoms. The summed E-state index contributed by atoms with van der Waals surface area (Å²) in [6.45, 7) is 17.2. The summed E-state index contributed by atoms with van der Waals surface area (Å²) in [6.07, 6.45) is 1.26. The van der Waals surface area contributed by atoms with Crippen LogP contribution in [0.15, 0.2) is 12.1 Å². The van der Waals surface area contributed by atoms with Gasteiger partial charge in [0.05, 0.1) is 0 Å². The fourth-order valence-corrected chi connectivity index (χ4v) is 2.96. The van der Waals surface area contributed by atoms with Crippen LogP contribution in [0.5, 0.6) is 0 Å². The lowest BCUT2D eigenvalue weighted by Gasteiger charge is -2.25. The molecule has 0 radical (unpaired) electrons. The van der Waals surface area contributed by atoms with E-state index in [-0.39, 0.29) is 5.41 Å². The second-order valence-electron chi connectivity index (χ2n) is 7.22. The maximum atomic E-state index is 3.48. The number of benzene rings is 1. The molecule has 0 bridgehead atoms. The molecule has 1 aliphatic rings. The van der Waals surface area contributed by atoms with E-state index in [9.17, 15) is 0 Å². The molecule has 1 N–H and O–H groups in total. The molecule has 0 spiro atoms. The van der Waals surface area contributed by atoms with Crippen LogP contribution in [0.2, 0.25) is 0 Å². The Morgan fingerprint density at radius 2 is 1.70 bits per heavy atom. The smallest absolute Gasteiger partial charge is 0.0239 e. The van der Waals surface area contributed by atoms with Crippen molar-refractivity contribution in [3.63, 3.8) is 0 Å². The van der Waals surface area contributed by atoms with Gasteiger partial charge in [0.25, 0.3) is 0 Å². The molecule has 1 aromatic carbocycles. The van der Waals surface area contributed by atoms with E-state index in [4.69, 9.17) is 0 Å². The molecule has 0 atom stereocenters. The maximum absolute atomic E-state index is 3.48. The Morgan fingerprint density at radius 3 is 2.30 bits per heavy atom. The average molecular weight is 274 g/mol. The highest BCUT2D eigenvalue weighted by atomic mass is 15.1. The van der Waals surface area contributed by atoms with Gasteiger partial charge in [-0.05, 0) is 61.0 Å². The Hall–Kier alpha value is -0.860. The minimum absolute atomic E-state index is 0.237. The first-order chi connectivity index (χ1) is 9.38. The summed E-state index contributed by atoms with van der Waals surface area (Å²) in [7, 11) is 0. The van der Waals surface area contributed by atoms with Gasteiger partial charge in [-0.2, -0.15) is 0 Å². The maximum Gasteiger partial charge on any atom is 0.0239 e. The summed E-state index contributed by atoms with van der Waals surface area (Å²) < 4.78 is 0. The summed E-state index contributed by atoms with van der Waals surface area (Å²) in [4.78, 5) is 2.59. The van der Waals surface area contributed by atoms with Crippen LogP contribution in [0.1, 0.15) is 49.4 Å². The third-order valence-corrected chi connectivity index (χ3v) is 4.38. The van der Waals surface area contributed by atoms with E-state index < -0.39 is 0 Å². The first-order valence-corrected chi connectivity index (χ1v) is 7.91. The number of hydrogen-bond donors (Lipinski definition) is 1. The van der Waals surface area contributed by atoms with Crippen LogP contribution in [0.3, 0.4) is 0 Å². The molecular weight excluding hydrogens is 244 g/mol. The Balaban J connectivity index is 2.19. The highest BCUT2D eigenvalue weighted by molar-refractivity contribution is 5.40. The second kappa shape index (κ2) is 6.28. The normalized spacial score (nSPS) is 18.1. The van der Waals surface area contributed by atoms with Crippen molar-refractivity contribution in [2.24, 2.45) is 0 Å². The van der Waals surface area contributed by atoms with E-state index in [0.717, 1.165) is 19.6 Å². The van der Waals surface area contributed by atoms with Gasteiger partial charge in [-0.25, -0.2) is 0 Å². The van der Waals surface area contributed by atoms with E-state index >= 15 is 0 Å². The van der Waals surface area contributed by atoms with Crippen LogP contribution >= 0.6 is 0 Å². The quantitative estimate of drug-likeness (QED) is 0.889. The largest absolute Gasteiger partial charge is 0.315 e. The molecule has 0 amide bonds. The van der Waals surface area contributed by atoms with Crippen LogP contribution < -0.4 is 5.32 Å². The minimum Gasteiger partial charge on any atom is -0.315 e. The number of hydrogen-bond acceptors (Lipinski definition) is 2. The predicted octanol–water partition coefficient (Wildman–Crippen LogP) is 3.40. The summed E-state index contributed by atoms with van der Waals surface area (Å²) >= 11 is 0. The topological polar surface area (TPSA) is 15.3 Å². The molecule has 2 rings (SSSR count). The lowest BCUT2D eigenvalue weighted by molar-refractivity contribution is 0.283. The lowest BCUT2D eigenvalue weighted by atomic mass is 9.83. The summed E-state index contributed by atoms with van der Waals surface area (Å²) in [5.74, 6) is 0. The molecule has 0 saturated carbocycles. The van der Waals surface area contributed by atoms with Crippen molar-refractivity contribution in [3.8, 4) is 0 Å². The zero-order valence-corrected chi connectivity index (χ0v) is 13.8. The Morgan fingerprint density at radius 1 is 1.05 bits per heavy atom. The van der Waals surface area contributed by atoms with Crippen molar-refractivity contribution < 1.29 is 0 Å². The monoisotopic (exact) mass is 274 g/mol. The van der Waals surface area contributed by atoms with Crippen molar-refractivity contribution in [2.45, 2.75) is 53.0 Å². The van der Waals surface area contributed by atoms with Crippen LogP contribution in [-0.2, 0) is 12.0 Å². The molecule has 0 aliphatic carbocycles. The van der Waals surface area contributed by atoms with Gasteiger partial charge >= 0.3 is 0 Å². The number of rotatable bonds is 2. The molecule has 0 unspecified atom stereocenters. The highest BCUT2D eigenvalue weighted by Crippen LogP contribution is 2.27. The highest BCUT2D eigenvalue weighted by Gasteiger charge is 2.17. The number of aryl methyl sites for hydroxylation is 2. The van der Waals surface area contributed by atoms with Crippen molar-refractivity contribution in [1.82, 2.24) is 10.2 Å². The van der Waals surface area contributed by atoms with Gasteiger partial charge in [0.1, 0.15) is 0 Å².